The Balaban J connectivity index is 1.86. The van der Waals surface area contributed by atoms with E-state index in [4.69, 9.17) is 4.74 Å². The molecule has 0 aromatic heterocycles. The van der Waals surface area contributed by atoms with Gasteiger partial charge in [-0.25, -0.2) is 8.42 Å². The number of sulfonamides is 1. The molecule has 0 saturated heterocycles. The van der Waals surface area contributed by atoms with E-state index in [-0.39, 0.29) is 24.2 Å². The number of ether oxygens (including phenoxy) is 1. The van der Waals surface area contributed by atoms with Crippen LogP contribution in [0.1, 0.15) is 32.3 Å². The van der Waals surface area contributed by atoms with Crippen LogP contribution in [0.4, 0.5) is 5.69 Å². The molecule has 1 N–H and O–H groups in total. The number of nitrogens with one attached hydrogen (secondary N) is 1. The fourth-order valence-electron chi connectivity index (χ4n) is 3.31. The molecule has 150 valence electrons. The van der Waals surface area contributed by atoms with Gasteiger partial charge in [-0.15, -0.1) is 0 Å². The molecule has 6 nitrogen and oxygen atoms in total. The number of carbonyl (C=O) groups is 1. The number of rotatable bonds is 7. The van der Waals surface area contributed by atoms with Crippen LogP contribution in [-0.4, -0.2) is 33.0 Å². The molecule has 28 heavy (non-hydrogen) atoms. The maximum absolute atomic E-state index is 13.1. The first kappa shape index (κ1) is 20.2. The van der Waals surface area contributed by atoms with Crippen molar-refractivity contribution < 1.29 is 17.9 Å². The van der Waals surface area contributed by atoms with E-state index in [0.717, 1.165) is 12.8 Å². The lowest BCUT2D eigenvalue weighted by molar-refractivity contribution is -0.128. The lowest BCUT2D eigenvalue weighted by atomic mass is 10.1. The third-order valence-corrected chi connectivity index (χ3v) is 6.38. The standard InChI is InChI=1S/C21H26N2O4S/c1-3-9-16(2)22-21(24)20-14-23(18-12-7-8-13-19(18)27-20)28(25,26)15-17-10-5-4-6-11-17/h4-8,10-13,16,20H,3,9,14-15H2,1-2H3,(H,22,24)/t16-,20-/m1/s1. The first-order valence-corrected chi connectivity index (χ1v) is 11.1. The second-order valence-corrected chi connectivity index (χ2v) is 8.94. The van der Waals surface area contributed by atoms with Crippen molar-refractivity contribution in [3.8, 4) is 5.75 Å². The van der Waals surface area contributed by atoms with Crippen LogP contribution in [0, 0.1) is 0 Å². The van der Waals surface area contributed by atoms with Gasteiger partial charge in [-0.2, -0.15) is 0 Å². The van der Waals surface area contributed by atoms with E-state index in [1.165, 1.54) is 4.31 Å². The van der Waals surface area contributed by atoms with E-state index in [1.54, 1.807) is 36.4 Å². The summed E-state index contributed by atoms with van der Waals surface area (Å²) in [6, 6.07) is 15.9. The smallest absolute Gasteiger partial charge is 0.263 e. The minimum Gasteiger partial charge on any atom is -0.476 e. The van der Waals surface area contributed by atoms with Crippen LogP contribution in [0.5, 0.6) is 5.75 Å². The van der Waals surface area contributed by atoms with Crippen LogP contribution in [0.25, 0.3) is 0 Å². The summed E-state index contributed by atoms with van der Waals surface area (Å²) in [5.74, 6) is -0.0352. The van der Waals surface area contributed by atoms with Crippen molar-refractivity contribution in [2.45, 2.75) is 44.6 Å². The van der Waals surface area contributed by atoms with Gasteiger partial charge < -0.3 is 10.1 Å². The van der Waals surface area contributed by atoms with Gasteiger partial charge in [0.2, 0.25) is 10.0 Å². The van der Waals surface area contributed by atoms with E-state index >= 15 is 0 Å². The van der Waals surface area contributed by atoms with Crippen molar-refractivity contribution in [2.75, 3.05) is 10.8 Å². The third-order valence-electron chi connectivity index (χ3n) is 4.67. The SMILES string of the molecule is CCC[C@@H](C)NC(=O)[C@H]1CN(S(=O)(=O)Cc2ccccc2)c2ccccc2O1. The molecule has 0 radical (unpaired) electrons. The molecule has 0 unspecified atom stereocenters. The molecule has 0 saturated carbocycles. The molecule has 2 aromatic carbocycles. The minimum atomic E-state index is -3.68. The van der Waals surface area contributed by atoms with E-state index in [0.29, 0.717) is 17.0 Å². The summed E-state index contributed by atoms with van der Waals surface area (Å²) in [5, 5.41) is 2.92. The van der Waals surface area contributed by atoms with Crippen LogP contribution in [0.2, 0.25) is 0 Å². The zero-order valence-corrected chi connectivity index (χ0v) is 17.0. The summed E-state index contributed by atoms with van der Waals surface area (Å²) in [5.41, 5.74) is 1.16. The highest BCUT2D eigenvalue weighted by molar-refractivity contribution is 7.92. The number of para-hydroxylation sites is 2. The van der Waals surface area contributed by atoms with Gasteiger partial charge in [0.25, 0.3) is 5.91 Å². The molecular weight excluding hydrogens is 376 g/mol. The maximum Gasteiger partial charge on any atom is 0.263 e. The molecule has 1 heterocycles. The first-order valence-electron chi connectivity index (χ1n) is 9.51. The molecule has 0 bridgehead atoms. The number of carbonyl (C=O) groups excluding carboxylic acids is 1. The summed E-state index contributed by atoms with van der Waals surface area (Å²) < 4.78 is 33.4. The average Bonchev–Trinajstić information content (AvgIpc) is 2.67. The summed E-state index contributed by atoms with van der Waals surface area (Å²) in [6.07, 6.45) is 0.915. The average molecular weight is 403 g/mol. The first-order chi connectivity index (χ1) is 13.4. The van der Waals surface area contributed by atoms with Crippen molar-refractivity contribution in [2.24, 2.45) is 0 Å². The number of benzene rings is 2. The molecule has 7 heteroatoms. The Morgan fingerprint density at radius 2 is 1.86 bits per heavy atom. The number of hydrogen-bond donors (Lipinski definition) is 1. The number of nitrogens with zero attached hydrogens (tertiary/aromatic N) is 1. The molecule has 0 aliphatic carbocycles. The van der Waals surface area contributed by atoms with Gasteiger partial charge in [0, 0.05) is 6.04 Å². The fraction of sp³-hybridized carbons (Fsp3) is 0.381. The van der Waals surface area contributed by atoms with Gasteiger partial charge in [-0.1, -0.05) is 55.8 Å². The molecule has 0 spiro atoms. The largest absolute Gasteiger partial charge is 0.476 e. The van der Waals surface area contributed by atoms with Crippen LogP contribution >= 0.6 is 0 Å². The topological polar surface area (TPSA) is 75.7 Å². The Morgan fingerprint density at radius 3 is 2.57 bits per heavy atom. The van der Waals surface area contributed by atoms with Crippen LogP contribution in [0.3, 0.4) is 0 Å². The third kappa shape index (κ3) is 4.65. The summed E-state index contributed by atoms with van der Waals surface area (Å²) in [4.78, 5) is 12.7. The highest BCUT2D eigenvalue weighted by Gasteiger charge is 2.36. The summed E-state index contributed by atoms with van der Waals surface area (Å²) in [6.45, 7) is 3.94. The molecule has 1 aliphatic heterocycles. The number of anilines is 1. The Bertz CT molecular complexity index is 915. The van der Waals surface area contributed by atoms with E-state index < -0.39 is 16.1 Å². The molecule has 1 amide bonds. The lowest BCUT2D eigenvalue weighted by Gasteiger charge is -2.35. The molecular formula is C21H26N2O4S. The van der Waals surface area contributed by atoms with Gasteiger partial charge in [-0.3, -0.25) is 9.10 Å². The molecule has 1 aliphatic rings. The maximum atomic E-state index is 13.1. The molecule has 0 fully saturated rings. The number of fused-ring (bicyclic) bond motifs is 1. The second-order valence-electron chi connectivity index (χ2n) is 7.05. The minimum absolute atomic E-state index is 0.00708. The van der Waals surface area contributed by atoms with Gasteiger partial charge in [0.1, 0.15) is 5.75 Å². The number of amides is 1. The van der Waals surface area contributed by atoms with Crippen molar-refractivity contribution in [1.82, 2.24) is 5.32 Å². The Labute approximate surface area is 166 Å². The fourth-order valence-corrected chi connectivity index (χ4v) is 4.89. The molecule has 3 rings (SSSR count). The van der Waals surface area contributed by atoms with Gasteiger partial charge in [-0.05, 0) is 31.0 Å². The highest BCUT2D eigenvalue weighted by Crippen LogP contribution is 2.35. The molecule has 2 atom stereocenters. The summed E-state index contributed by atoms with van der Waals surface area (Å²) in [7, 11) is -3.68. The van der Waals surface area contributed by atoms with E-state index in [2.05, 4.69) is 5.32 Å². The Kier molecular flexibility index (Phi) is 6.24. The lowest BCUT2D eigenvalue weighted by Crippen LogP contribution is -2.52. The van der Waals surface area contributed by atoms with E-state index in [9.17, 15) is 13.2 Å². The van der Waals surface area contributed by atoms with Gasteiger partial charge >= 0.3 is 0 Å². The molecule has 2 aromatic rings. The van der Waals surface area contributed by atoms with Crippen molar-refractivity contribution >= 4 is 21.6 Å². The van der Waals surface area contributed by atoms with Gasteiger partial charge in [0.05, 0.1) is 18.0 Å². The zero-order valence-electron chi connectivity index (χ0n) is 16.2. The predicted octanol–water partition coefficient (Wildman–Crippen LogP) is 3.09. The Morgan fingerprint density at radius 1 is 1.18 bits per heavy atom. The Hall–Kier alpha value is -2.54. The highest BCUT2D eigenvalue weighted by atomic mass is 32.2. The normalized spacial score (nSPS) is 17.4. The number of hydrogen-bond acceptors (Lipinski definition) is 4. The van der Waals surface area contributed by atoms with Crippen molar-refractivity contribution in [3.05, 3.63) is 60.2 Å². The van der Waals surface area contributed by atoms with E-state index in [1.807, 2.05) is 32.0 Å². The zero-order chi connectivity index (χ0) is 20.1. The van der Waals surface area contributed by atoms with Gasteiger partial charge in [0.15, 0.2) is 6.10 Å². The van der Waals surface area contributed by atoms with Crippen molar-refractivity contribution in [3.63, 3.8) is 0 Å². The van der Waals surface area contributed by atoms with Crippen LogP contribution < -0.4 is 14.4 Å². The quantitative estimate of drug-likeness (QED) is 0.772. The van der Waals surface area contributed by atoms with Crippen molar-refractivity contribution in [1.29, 1.82) is 0 Å². The monoisotopic (exact) mass is 402 g/mol. The van der Waals surface area contributed by atoms with Crippen LogP contribution in [-0.2, 0) is 20.6 Å². The van der Waals surface area contributed by atoms with Crippen LogP contribution in [0.15, 0.2) is 54.6 Å². The summed E-state index contributed by atoms with van der Waals surface area (Å²) >= 11 is 0. The second kappa shape index (κ2) is 8.65. The predicted molar refractivity (Wildman–Crippen MR) is 110 cm³/mol.